The summed E-state index contributed by atoms with van der Waals surface area (Å²) in [6.45, 7) is 4.59. The van der Waals surface area contributed by atoms with E-state index in [1.165, 1.54) is 32.7 Å². The van der Waals surface area contributed by atoms with Gasteiger partial charge in [-0.15, -0.1) is 0 Å². The minimum atomic E-state index is -1.05. The molecule has 2 atom stereocenters. The second kappa shape index (κ2) is 9.78. The van der Waals surface area contributed by atoms with Gasteiger partial charge in [0.05, 0.1) is 12.5 Å². The number of furan rings is 2. The molecule has 4 aromatic carbocycles. The van der Waals surface area contributed by atoms with Crippen LogP contribution < -0.4 is 11.0 Å². The first-order chi connectivity index (χ1) is 17.7. The molecule has 6 rings (SSSR count). The van der Waals surface area contributed by atoms with Gasteiger partial charge in [-0.25, -0.2) is 0 Å². The molecule has 2 aromatic heterocycles. The van der Waals surface area contributed by atoms with E-state index in [0.29, 0.717) is 0 Å². The van der Waals surface area contributed by atoms with Crippen LogP contribution in [0.4, 0.5) is 0 Å². The van der Waals surface area contributed by atoms with Gasteiger partial charge in [-0.05, 0) is 82.9 Å². The Bertz CT molecular complexity index is 1470. The molecule has 0 amide bonds. The maximum absolute atomic E-state index is 6.04. The van der Waals surface area contributed by atoms with Crippen molar-refractivity contribution in [3.05, 3.63) is 133 Å². The summed E-state index contributed by atoms with van der Waals surface area (Å²) >= 11 is 0. The van der Waals surface area contributed by atoms with Gasteiger partial charge >= 0.3 is 0 Å². The van der Waals surface area contributed by atoms with Gasteiger partial charge < -0.3 is 8.83 Å². The SMILES string of the molecule is C[C@@H](c1ccc2ccccc2c1)N([C@@H](C)c1ccc2ccccc2c1)P(c1ccco1)c1ccco1. The van der Waals surface area contributed by atoms with Gasteiger partial charge in [0.2, 0.25) is 0 Å². The summed E-state index contributed by atoms with van der Waals surface area (Å²) in [6.07, 6.45) is 3.51. The number of benzene rings is 4. The maximum atomic E-state index is 6.04. The van der Waals surface area contributed by atoms with Crippen LogP contribution in [0.15, 0.2) is 131 Å². The van der Waals surface area contributed by atoms with E-state index in [-0.39, 0.29) is 12.1 Å². The molecule has 178 valence electrons. The lowest BCUT2D eigenvalue weighted by Gasteiger charge is -2.39. The Kier molecular flexibility index (Phi) is 6.19. The standard InChI is InChI=1S/C32H28NO2P/c1-23(27-17-15-25-9-3-5-11-29(25)21-27)33(36(31-13-7-19-34-31)32-14-8-20-35-32)24(2)28-18-16-26-10-4-6-12-30(26)22-28/h3-24H,1-2H3/t23-,24-/m0/s1. The second-order valence-corrected chi connectivity index (χ2v) is 11.1. The third-order valence-electron chi connectivity index (χ3n) is 6.97. The van der Waals surface area contributed by atoms with Crippen LogP contribution in [0.25, 0.3) is 21.5 Å². The van der Waals surface area contributed by atoms with Crippen LogP contribution in [0.3, 0.4) is 0 Å². The highest BCUT2D eigenvalue weighted by molar-refractivity contribution is 7.70. The van der Waals surface area contributed by atoms with E-state index < -0.39 is 8.07 Å². The first-order valence-corrected chi connectivity index (χ1v) is 13.6. The van der Waals surface area contributed by atoms with Crippen molar-refractivity contribution in [2.45, 2.75) is 25.9 Å². The minimum absolute atomic E-state index is 0.109. The predicted octanol–water partition coefficient (Wildman–Crippen LogP) is 8.35. The third kappa shape index (κ3) is 4.26. The maximum Gasteiger partial charge on any atom is 0.148 e. The number of hydrogen-bond donors (Lipinski definition) is 0. The lowest BCUT2D eigenvalue weighted by Crippen LogP contribution is -2.32. The largest absolute Gasteiger partial charge is 0.463 e. The van der Waals surface area contributed by atoms with Crippen LogP contribution >= 0.6 is 8.07 Å². The average Bonchev–Trinajstić information content (AvgIpc) is 3.66. The molecule has 0 unspecified atom stereocenters. The predicted molar refractivity (Wildman–Crippen MR) is 150 cm³/mol. The highest BCUT2D eigenvalue weighted by Crippen LogP contribution is 2.50. The minimum Gasteiger partial charge on any atom is -0.463 e. The molecule has 0 radical (unpaired) electrons. The van der Waals surface area contributed by atoms with Crippen LogP contribution in [0.5, 0.6) is 0 Å². The highest BCUT2D eigenvalue weighted by Gasteiger charge is 2.36. The molecule has 0 fully saturated rings. The van der Waals surface area contributed by atoms with Crippen molar-refractivity contribution in [1.29, 1.82) is 0 Å². The average molecular weight is 490 g/mol. The molecule has 0 spiro atoms. The number of hydrogen-bond acceptors (Lipinski definition) is 3. The lowest BCUT2D eigenvalue weighted by atomic mass is 9.99. The Hall–Kier alpha value is -3.65. The highest BCUT2D eigenvalue weighted by atomic mass is 31.1. The second-order valence-electron chi connectivity index (χ2n) is 9.16. The molecule has 0 aliphatic carbocycles. The van der Waals surface area contributed by atoms with Crippen molar-refractivity contribution in [1.82, 2.24) is 4.67 Å². The summed E-state index contributed by atoms with van der Waals surface area (Å²) in [5.41, 5.74) is 4.40. The fourth-order valence-corrected chi connectivity index (χ4v) is 7.45. The van der Waals surface area contributed by atoms with Gasteiger partial charge in [0.1, 0.15) is 19.1 Å². The van der Waals surface area contributed by atoms with Crippen LogP contribution in [-0.2, 0) is 0 Å². The van der Waals surface area contributed by atoms with Crippen molar-refractivity contribution in [3.8, 4) is 0 Å². The molecule has 6 aromatic rings. The van der Waals surface area contributed by atoms with Crippen LogP contribution in [0.1, 0.15) is 37.1 Å². The van der Waals surface area contributed by atoms with Crippen LogP contribution in [0, 0.1) is 0 Å². The molecule has 0 saturated carbocycles. The van der Waals surface area contributed by atoms with Crippen molar-refractivity contribution in [3.63, 3.8) is 0 Å². The van der Waals surface area contributed by atoms with Gasteiger partial charge in [-0.2, -0.15) is 0 Å². The van der Waals surface area contributed by atoms with Crippen LogP contribution in [-0.4, -0.2) is 4.67 Å². The molecule has 3 nitrogen and oxygen atoms in total. The van der Waals surface area contributed by atoms with Crippen molar-refractivity contribution >= 4 is 40.6 Å². The zero-order valence-corrected chi connectivity index (χ0v) is 21.3. The summed E-state index contributed by atoms with van der Waals surface area (Å²) in [6, 6.07) is 39.0. The molecule has 0 aliphatic rings. The Labute approximate surface area is 212 Å². The summed E-state index contributed by atoms with van der Waals surface area (Å²) in [5.74, 6) is 0. The molecule has 4 heteroatoms. The number of rotatable bonds is 7. The lowest BCUT2D eigenvalue weighted by molar-refractivity contribution is 0.300. The molecule has 36 heavy (non-hydrogen) atoms. The molecule has 2 heterocycles. The fraction of sp³-hybridized carbons (Fsp3) is 0.125. The first-order valence-electron chi connectivity index (χ1n) is 12.3. The quantitative estimate of drug-likeness (QED) is 0.211. The zero-order chi connectivity index (χ0) is 24.5. The summed E-state index contributed by atoms with van der Waals surface area (Å²) in [7, 11) is -1.05. The fourth-order valence-electron chi connectivity index (χ4n) is 5.04. The van der Waals surface area contributed by atoms with E-state index in [1.807, 2.05) is 12.1 Å². The summed E-state index contributed by atoms with van der Waals surface area (Å²) in [4.78, 5) is 0. The van der Waals surface area contributed by atoms with Gasteiger partial charge in [0.15, 0.2) is 0 Å². The van der Waals surface area contributed by atoms with Gasteiger partial charge in [-0.1, -0.05) is 72.8 Å². The van der Waals surface area contributed by atoms with E-state index in [2.05, 4.69) is 116 Å². The molecular formula is C32H28NO2P. The Balaban J connectivity index is 1.50. The van der Waals surface area contributed by atoms with E-state index in [4.69, 9.17) is 8.83 Å². The third-order valence-corrected chi connectivity index (χ3v) is 9.46. The van der Waals surface area contributed by atoms with E-state index in [9.17, 15) is 0 Å². The van der Waals surface area contributed by atoms with Crippen molar-refractivity contribution in [2.24, 2.45) is 0 Å². The Morgan fingerprint density at radius 1 is 0.528 bits per heavy atom. The molecular weight excluding hydrogens is 461 g/mol. The molecule has 0 aliphatic heterocycles. The normalized spacial score (nSPS) is 13.6. The Morgan fingerprint density at radius 2 is 0.972 bits per heavy atom. The molecule has 0 saturated heterocycles. The van der Waals surface area contributed by atoms with Gasteiger partial charge in [-0.3, -0.25) is 4.67 Å². The molecule has 0 bridgehead atoms. The number of nitrogens with zero attached hydrogens (tertiary/aromatic N) is 1. The summed E-state index contributed by atoms with van der Waals surface area (Å²) in [5, 5.41) is 5.00. The first kappa shape index (κ1) is 22.8. The van der Waals surface area contributed by atoms with Gasteiger partial charge in [0, 0.05) is 12.1 Å². The Morgan fingerprint density at radius 3 is 1.39 bits per heavy atom. The van der Waals surface area contributed by atoms with E-state index in [0.717, 1.165) is 11.0 Å². The van der Waals surface area contributed by atoms with Crippen molar-refractivity contribution < 1.29 is 8.83 Å². The zero-order valence-electron chi connectivity index (χ0n) is 20.4. The van der Waals surface area contributed by atoms with Gasteiger partial charge in [0.25, 0.3) is 0 Å². The smallest absolute Gasteiger partial charge is 0.148 e. The van der Waals surface area contributed by atoms with Crippen LogP contribution in [0.2, 0.25) is 0 Å². The molecule has 0 N–H and O–H groups in total. The summed E-state index contributed by atoms with van der Waals surface area (Å²) < 4.78 is 14.7. The van der Waals surface area contributed by atoms with E-state index in [1.54, 1.807) is 12.5 Å². The monoisotopic (exact) mass is 489 g/mol. The number of fused-ring (bicyclic) bond motifs is 2. The van der Waals surface area contributed by atoms with Crippen molar-refractivity contribution in [2.75, 3.05) is 0 Å². The van der Waals surface area contributed by atoms with E-state index >= 15 is 0 Å². The topological polar surface area (TPSA) is 29.5 Å².